The Bertz CT molecular complexity index is 843. The maximum Gasteiger partial charge on any atom is 0.240 e. The molecule has 2 rings (SSSR count). The van der Waals surface area contributed by atoms with Crippen LogP contribution < -0.4 is 19.3 Å². The van der Waals surface area contributed by atoms with E-state index in [1.807, 2.05) is 28.2 Å². The number of hydrogen-bond donors (Lipinski definition) is 1. The predicted molar refractivity (Wildman–Crippen MR) is 109 cm³/mol. The van der Waals surface area contributed by atoms with E-state index in [1.54, 1.807) is 21.9 Å². The standard InChI is InChI=1S/C18H28N6O3S/c1-6-7-12-27-14-8-10-15(11-9-14)28(25,26)19-13-16-20-17(23(2)3)22-18(21-16)24(4)5/h8-11,19H,6-7,12-13H2,1-5H3. The van der Waals surface area contributed by atoms with E-state index < -0.39 is 10.0 Å². The zero-order valence-electron chi connectivity index (χ0n) is 17.0. The fourth-order valence-corrected chi connectivity index (χ4v) is 3.15. The SMILES string of the molecule is CCCCOc1ccc(S(=O)(=O)NCc2nc(N(C)C)nc(N(C)C)n2)cc1. The van der Waals surface area contributed by atoms with Gasteiger partial charge in [0.1, 0.15) is 5.75 Å². The fourth-order valence-electron chi connectivity index (χ4n) is 2.17. The van der Waals surface area contributed by atoms with E-state index >= 15 is 0 Å². The molecule has 0 saturated carbocycles. The molecule has 10 heteroatoms. The van der Waals surface area contributed by atoms with Crippen LogP contribution in [0, 0.1) is 0 Å². The van der Waals surface area contributed by atoms with Gasteiger partial charge >= 0.3 is 0 Å². The van der Waals surface area contributed by atoms with E-state index in [9.17, 15) is 8.42 Å². The van der Waals surface area contributed by atoms with E-state index in [4.69, 9.17) is 4.74 Å². The minimum Gasteiger partial charge on any atom is -0.494 e. The Morgan fingerprint density at radius 1 is 0.964 bits per heavy atom. The molecule has 0 atom stereocenters. The summed E-state index contributed by atoms with van der Waals surface area (Å²) in [6.45, 7) is 2.66. The van der Waals surface area contributed by atoms with Crippen LogP contribution in [0.3, 0.4) is 0 Å². The van der Waals surface area contributed by atoms with Crippen LogP contribution in [0.1, 0.15) is 25.6 Å². The first-order valence-corrected chi connectivity index (χ1v) is 10.5. The Kier molecular flexibility index (Phi) is 7.53. The normalized spacial score (nSPS) is 11.3. The van der Waals surface area contributed by atoms with Gasteiger partial charge in [-0.15, -0.1) is 0 Å². The third-order valence-corrected chi connectivity index (χ3v) is 5.20. The van der Waals surface area contributed by atoms with Crippen molar-refractivity contribution in [1.29, 1.82) is 0 Å². The summed E-state index contributed by atoms with van der Waals surface area (Å²) in [6.07, 6.45) is 2.00. The second-order valence-corrected chi connectivity index (χ2v) is 8.41. The largest absolute Gasteiger partial charge is 0.494 e. The Morgan fingerprint density at radius 3 is 2.04 bits per heavy atom. The Balaban J connectivity index is 2.10. The highest BCUT2D eigenvalue weighted by Gasteiger charge is 2.16. The highest BCUT2D eigenvalue weighted by atomic mass is 32.2. The second-order valence-electron chi connectivity index (χ2n) is 6.64. The van der Waals surface area contributed by atoms with Crippen molar-refractivity contribution in [2.24, 2.45) is 0 Å². The van der Waals surface area contributed by atoms with Crippen LogP contribution in [0.5, 0.6) is 5.75 Å². The molecule has 0 unspecified atom stereocenters. The van der Waals surface area contributed by atoms with Gasteiger partial charge in [0, 0.05) is 28.2 Å². The molecule has 154 valence electrons. The third kappa shape index (κ3) is 6.03. The number of sulfonamides is 1. The van der Waals surface area contributed by atoms with Crippen LogP contribution in [0.15, 0.2) is 29.2 Å². The number of hydrogen-bond acceptors (Lipinski definition) is 8. The summed E-state index contributed by atoms with van der Waals surface area (Å²) in [5.41, 5.74) is 0. The van der Waals surface area contributed by atoms with Gasteiger partial charge in [0.2, 0.25) is 21.9 Å². The molecule has 0 amide bonds. The molecule has 1 aromatic heterocycles. The van der Waals surface area contributed by atoms with Crippen molar-refractivity contribution in [3.8, 4) is 5.75 Å². The minimum absolute atomic E-state index is 0.0404. The van der Waals surface area contributed by atoms with Gasteiger partial charge in [-0.2, -0.15) is 15.0 Å². The molecule has 1 aromatic carbocycles. The number of rotatable bonds is 10. The molecule has 0 radical (unpaired) electrons. The van der Waals surface area contributed by atoms with Gasteiger partial charge in [0.15, 0.2) is 5.82 Å². The molecular weight excluding hydrogens is 380 g/mol. The number of anilines is 2. The quantitative estimate of drug-likeness (QED) is 0.593. The molecule has 0 saturated heterocycles. The lowest BCUT2D eigenvalue weighted by Crippen LogP contribution is -2.26. The summed E-state index contributed by atoms with van der Waals surface area (Å²) in [7, 11) is 3.55. The summed E-state index contributed by atoms with van der Waals surface area (Å²) in [4.78, 5) is 16.5. The maximum absolute atomic E-state index is 12.6. The van der Waals surface area contributed by atoms with E-state index in [-0.39, 0.29) is 11.4 Å². The van der Waals surface area contributed by atoms with E-state index in [0.29, 0.717) is 30.1 Å². The Morgan fingerprint density at radius 2 is 1.54 bits per heavy atom. The average Bonchev–Trinajstić information content (AvgIpc) is 2.67. The summed E-state index contributed by atoms with van der Waals surface area (Å²) < 4.78 is 33.2. The van der Waals surface area contributed by atoms with Crippen LogP contribution in [-0.2, 0) is 16.6 Å². The second kappa shape index (κ2) is 9.65. The molecule has 0 fully saturated rings. The van der Waals surface area contributed by atoms with Crippen LogP contribution >= 0.6 is 0 Å². The van der Waals surface area contributed by atoms with Crippen molar-refractivity contribution in [3.63, 3.8) is 0 Å². The van der Waals surface area contributed by atoms with Gasteiger partial charge in [-0.05, 0) is 30.7 Å². The zero-order valence-corrected chi connectivity index (χ0v) is 17.8. The average molecular weight is 409 g/mol. The van der Waals surface area contributed by atoms with Gasteiger partial charge in [0.25, 0.3) is 0 Å². The lowest BCUT2D eigenvalue weighted by atomic mass is 10.3. The first kappa shape index (κ1) is 21.8. The summed E-state index contributed by atoms with van der Waals surface area (Å²) in [6, 6.07) is 6.35. The number of ether oxygens (including phenoxy) is 1. The van der Waals surface area contributed by atoms with Gasteiger partial charge < -0.3 is 14.5 Å². The number of nitrogens with zero attached hydrogens (tertiary/aromatic N) is 5. The highest BCUT2D eigenvalue weighted by molar-refractivity contribution is 7.89. The molecule has 0 aliphatic heterocycles. The maximum atomic E-state index is 12.6. The zero-order chi connectivity index (χ0) is 20.7. The van der Waals surface area contributed by atoms with Crippen molar-refractivity contribution in [1.82, 2.24) is 19.7 Å². The first-order chi connectivity index (χ1) is 13.2. The fraction of sp³-hybridized carbons (Fsp3) is 0.500. The van der Waals surface area contributed by atoms with E-state index in [2.05, 4.69) is 26.6 Å². The predicted octanol–water partition coefficient (Wildman–Crippen LogP) is 1.66. The molecule has 1 heterocycles. The van der Waals surface area contributed by atoms with Crippen LogP contribution in [0.2, 0.25) is 0 Å². The number of benzene rings is 1. The van der Waals surface area contributed by atoms with Gasteiger partial charge in [0.05, 0.1) is 18.0 Å². The lowest BCUT2D eigenvalue weighted by molar-refractivity contribution is 0.309. The summed E-state index contributed by atoms with van der Waals surface area (Å²) in [5, 5.41) is 0. The monoisotopic (exact) mass is 408 g/mol. The molecule has 0 spiro atoms. The van der Waals surface area contributed by atoms with Crippen molar-refractivity contribution in [2.45, 2.75) is 31.2 Å². The summed E-state index contributed by atoms with van der Waals surface area (Å²) in [5.74, 6) is 1.91. The van der Waals surface area contributed by atoms with Crippen molar-refractivity contribution in [3.05, 3.63) is 30.1 Å². The molecular formula is C18H28N6O3S. The Hall–Kier alpha value is -2.46. The molecule has 2 aromatic rings. The van der Waals surface area contributed by atoms with Gasteiger partial charge in [-0.3, -0.25) is 0 Å². The van der Waals surface area contributed by atoms with Gasteiger partial charge in [-0.1, -0.05) is 13.3 Å². The molecule has 0 aliphatic carbocycles. The van der Waals surface area contributed by atoms with E-state index in [0.717, 1.165) is 12.8 Å². The van der Waals surface area contributed by atoms with Crippen LogP contribution in [0.4, 0.5) is 11.9 Å². The number of unbranched alkanes of at least 4 members (excludes halogenated alkanes) is 1. The van der Waals surface area contributed by atoms with Gasteiger partial charge in [-0.25, -0.2) is 13.1 Å². The molecule has 0 bridgehead atoms. The smallest absolute Gasteiger partial charge is 0.240 e. The number of aromatic nitrogens is 3. The van der Waals surface area contributed by atoms with Crippen molar-refractivity contribution < 1.29 is 13.2 Å². The lowest BCUT2D eigenvalue weighted by Gasteiger charge is -2.16. The molecule has 28 heavy (non-hydrogen) atoms. The Labute approximate surface area is 166 Å². The summed E-state index contributed by atoms with van der Waals surface area (Å²) >= 11 is 0. The first-order valence-electron chi connectivity index (χ1n) is 9.05. The van der Waals surface area contributed by atoms with Crippen LogP contribution in [0.25, 0.3) is 0 Å². The number of nitrogens with one attached hydrogen (secondary N) is 1. The topological polar surface area (TPSA) is 101 Å². The molecule has 1 N–H and O–H groups in total. The molecule has 0 aliphatic rings. The van der Waals surface area contributed by atoms with E-state index in [1.165, 1.54) is 12.1 Å². The third-order valence-electron chi connectivity index (χ3n) is 3.78. The van der Waals surface area contributed by atoms with Crippen molar-refractivity contribution in [2.75, 3.05) is 44.6 Å². The minimum atomic E-state index is -3.70. The highest BCUT2D eigenvalue weighted by Crippen LogP contribution is 2.17. The molecule has 9 nitrogen and oxygen atoms in total. The van der Waals surface area contributed by atoms with Crippen molar-refractivity contribution >= 4 is 21.9 Å². The van der Waals surface area contributed by atoms with Crippen LogP contribution in [-0.4, -0.2) is 58.2 Å².